The molecule has 3 aromatic carbocycles. The smallest absolute Gasteiger partial charge is 0.157 e. The minimum Gasteiger partial charge on any atom is -0.685 e. The Bertz CT molecular complexity index is 1860. The second-order valence-electron chi connectivity index (χ2n) is 13.2. The molecule has 5 heteroatoms. The van der Waals surface area contributed by atoms with Crippen LogP contribution in [-0.4, -0.2) is 16.8 Å². The van der Waals surface area contributed by atoms with E-state index in [0.717, 1.165) is 70.4 Å². The number of benzene rings is 3. The number of hydrogen-bond acceptors (Lipinski definition) is 3. The number of hydrogen-bond donors (Lipinski definition) is 0. The maximum absolute atomic E-state index is 12.2. The summed E-state index contributed by atoms with van der Waals surface area (Å²) in [6.07, 6.45) is 5.76. The van der Waals surface area contributed by atoms with Crippen LogP contribution in [0.25, 0.3) is 49.8 Å². The molecule has 1 aliphatic carbocycles. The second-order valence-corrected chi connectivity index (χ2v) is 13.2. The molecule has 4 nitrogen and oxygen atoms in total. The molecule has 0 atom stereocenters. The third-order valence-corrected chi connectivity index (χ3v) is 9.43. The van der Waals surface area contributed by atoms with Gasteiger partial charge in [-0.2, -0.15) is 5.70 Å². The standard InChI is InChI=1S/C26H18NO.C16H31NO.Ir/c1-26(2)23-17(21-15-14-16-8-3-5-12-20(16)27-21)10-7-11-19(23)25-24(26)18-9-4-6-13-22(18)28-25;1-7-13(8-2)15(17-12(5)6)11-16(18)14(9-3)10-4;/h3-9,11-15H,1-2H3;11-14H,7-10H2,1-6H3,(H,17,18);/q-1;;/p-1. The zero-order chi connectivity index (χ0) is 33.0. The van der Waals surface area contributed by atoms with Gasteiger partial charge in [0.15, 0.2) is 5.78 Å². The second kappa shape index (κ2) is 15.6. The van der Waals surface area contributed by atoms with Crippen molar-refractivity contribution < 1.29 is 29.3 Å². The van der Waals surface area contributed by atoms with Gasteiger partial charge in [0.2, 0.25) is 0 Å². The first-order chi connectivity index (χ1) is 22.1. The summed E-state index contributed by atoms with van der Waals surface area (Å²) in [5.41, 5.74) is 8.46. The summed E-state index contributed by atoms with van der Waals surface area (Å²) >= 11 is 0. The maximum Gasteiger partial charge on any atom is 0.157 e. The van der Waals surface area contributed by atoms with Crippen molar-refractivity contribution in [2.45, 2.75) is 92.5 Å². The van der Waals surface area contributed by atoms with Gasteiger partial charge in [-0.3, -0.25) is 9.78 Å². The van der Waals surface area contributed by atoms with Crippen LogP contribution in [0, 0.1) is 17.9 Å². The Kier molecular flexibility index (Phi) is 12.0. The number of rotatable bonds is 10. The number of carbonyl (C=O) groups excluding carboxylic acids is 1. The topological polar surface area (TPSA) is 57.2 Å². The largest absolute Gasteiger partial charge is 0.685 e. The van der Waals surface area contributed by atoms with Gasteiger partial charge in [-0.25, -0.2) is 0 Å². The fourth-order valence-corrected chi connectivity index (χ4v) is 6.95. The van der Waals surface area contributed by atoms with Crippen molar-refractivity contribution in [2.24, 2.45) is 11.8 Å². The Hall–Kier alpha value is -3.53. The molecule has 249 valence electrons. The fraction of sp³-hybridized carbons (Fsp3) is 0.381. The normalized spacial score (nSPS) is 13.4. The first-order valence-electron chi connectivity index (χ1n) is 17.0. The molecule has 47 heavy (non-hydrogen) atoms. The van der Waals surface area contributed by atoms with E-state index >= 15 is 0 Å². The molecule has 0 amide bonds. The summed E-state index contributed by atoms with van der Waals surface area (Å²) < 4.78 is 6.30. The van der Waals surface area contributed by atoms with Gasteiger partial charge in [0.1, 0.15) is 11.3 Å². The number of allylic oxidation sites excluding steroid dienone is 2. The molecule has 2 heterocycles. The summed E-state index contributed by atoms with van der Waals surface area (Å²) in [5.74, 6) is 1.82. The summed E-state index contributed by atoms with van der Waals surface area (Å²) in [4.78, 5) is 17.1. The van der Waals surface area contributed by atoms with Crippen LogP contribution in [0.4, 0.5) is 0 Å². The predicted octanol–water partition coefficient (Wildman–Crippen LogP) is 11.8. The number of nitrogens with zero attached hydrogens (tertiary/aromatic N) is 2. The molecule has 0 fully saturated rings. The summed E-state index contributed by atoms with van der Waals surface area (Å²) in [6.45, 7) is 17.2. The average molecular weight is 805 g/mol. The zero-order valence-corrected chi connectivity index (χ0v) is 31.5. The molecular weight excluding hydrogens is 757 g/mol. The van der Waals surface area contributed by atoms with Crippen LogP contribution in [0.2, 0.25) is 0 Å². The van der Waals surface area contributed by atoms with E-state index in [1.54, 1.807) is 0 Å². The summed E-state index contributed by atoms with van der Waals surface area (Å²) in [6, 6.07) is 28.6. The van der Waals surface area contributed by atoms with Crippen LogP contribution in [0.15, 0.2) is 89.0 Å². The van der Waals surface area contributed by atoms with Crippen molar-refractivity contribution in [1.29, 1.82) is 0 Å². The first kappa shape index (κ1) is 36.3. The monoisotopic (exact) mass is 805 g/mol. The molecule has 2 aromatic heterocycles. The number of pyridine rings is 1. The van der Waals surface area contributed by atoms with Gasteiger partial charge in [0, 0.05) is 37.0 Å². The number of para-hydroxylation sites is 2. The van der Waals surface area contributed by atoms with Crippen LogP contribution in [-0.2, 0) is 30.3 Å². The van der Waals surface area contributed by atoms with E-state index < -0.39 is 0 Å². The van der Waals surface area contributed by atoms with Gasteiger partial charge in [0.05, 0.1) is 5.52 Å². The Morgan fingerprint density at radius 1 is 0.872 bits per heavy atom. The van der Waals surface area contributed by atoms with Crippen molar-refractivity contribution >= 4 is 27.7 Å². The molecule has 0 N–H and O–H groups in total. The number of ketones is 1. The van der Waals surface area contributed by atoms with E-state index in [2.05, 4.69) is 109 Å². The van der Waals surface area contributed by atoms with Gasteiger partial charge < -0.3 is 9.73 Å². The van der Waals surface area contributed by atoms with E-state index in [1.807, 2.05) is 36.4 Å². The van der Waals surface area contributed by atoms with Crippen molar-refractivity contribution in [3.8, 4) is 22.6 Å². The first-order valence-corrected chi connectivity index (χ1v) is 17.0. The van der Waals surface area contributed by atoms with Crippen LogP contribution in [0.5, 0.6) is 0 Å². The Morgan fingerprint density at radius 3 is 2.21 bits per heavy atom. The molecule has 0 saturated heterocycles. The van der Waals surface area contributed by atoms with Gasteiger partial charge in [0.25, 0.3) is 0 Å². The van der Waals surface area contributed by atoms with Gasteiger partial charge in [-0.1, -0.05) is 122 Å². The fourth-order valence-electron chi connectivity index (χ4n) is 6.95. The van der Waals surface area contributed by atoms with Crippen LogP contribution in [0.3, 0.4) is 0 Å². The van der Waals surface area contributed by atoms with Crippen molar-refractivity contribution in [3.63, 3.8) is 0 Å². The molecule has 1 aliphatic rings. The van der Waals surface area contributed by atoms with E-state index in [9.17, 15) is 4.79 Å². The van der Waals surface area contributed by atoms with E-state index in [1.165, 1.54) is 16.5 Å². The zero-order valence-electron chi connectivity index (χ0n) is 29.1. The van der Waals surface area contributed by atoms with Crippen molar-refractivity contribution in [1.82, 2.24) is 4.98 Å². The molecule has 0 spiro atoms. The van der Waals surface area contributed by atoms with E-state index in [-0.39, 0.29) is 43.3 Å². The molecule has 1 radical (unpaired) electrons. The number of furan rings is 1. The van der Waals surface area contributed by atoms with Crippen LogP contribution >= 0.6 is 0 Å². The molecular formula is C42H48IrN2O2-2. The van der Waals surface area contributed by atoms with Crippen molar-refractivity contribution in [3.05, 3.63) is 107 Å². The Balaban J connectivity index is 0.000000232. The minimum atomic E-state index is -0.183. The van der Waals surface area contributed by atoms with E-state index in [0.29, 0.717) is 5.92 Å². The number of carbonyl (C=O) groups is 1. The third kappa shape index (κ3) is 7.32. The Morgan fingerprint density at radius 2 is 1.53 bits per heavy atom. The minimum absolute atomic E-state index is 0. The van der Waals surface area contributed by atoms with Gasteiger partial charge in [-0.15, -0.1) is 35.4 Å². The summed E-state index contributed by atoms with van der Waals surface area (Å²) in [7, 11) is 0. The summed E-state index contributed by atoms with van der Waals surface area (Å²) in [5, 5.41) is 6.99. The average Bonchev–Trinajstić information content (AvgIpc) is 3.55. The third-order valence-electron chi connectivity index (χ3n) is 9.43. The molecule has 6 rings (SSSR count). The maximum atomic E-state index is 12.2. The number of fused-ring (bicyclic) bond motifs is 6. The molecule has 0 aliphatic heterocycles. The van der Waals surface area contributed by atoms with Crippen LogP contribution < -0.4 is 0 Å². The SMILES string of the molecule is CC1(C)c2c(-c3ccc4ccccc4n3)[c-]ccc2-c2oc3ccccc3c21.CCC(CC)C(=O)/C=C(\[N-]C(C)C)C(CC)CC.[Ir]. The number of aromatic nitrogens is 1. The van der Waals surface area contributed by atoms with Crippen LogP contribution in [0.1, 0.15) is 92.2 Å². The van der Waals surface area contributed by atoms with Crippen molar-refractivity contribution in [2.75, 3.05) is 0 Å². The quantitative estimate of drug-likeness (QED) is 0.104. The van der Waals surface area contributed by atoms with E-state index in [4.69, 9.17) is 9.40 Å². The molecule has 0 unspecified atom stereocenters. The molecule has 5 aromatic rings. The predicted molar refractivity (Wildman–Crippen MR) is 193 cm³/mol. The molecule has 0 bridgehead atoms. The molecule has 0 saturated carbocycles. The van der Waals surface area contributed by atoms with Gasteiger partial charge >= 0.3 is 0 Å². The van der Waals surface area contributed by atoms with Gasteiger partial charge in [-0.05, 0) is 53.5 Å². The Labute approximate surface area is 294 Å².